The first-order valence-corrected chi connectivity index (χ1v) is 5.67. The van der Waals surface area contributed by atoms with Crippen LogP contribution in [-0.2, 0) is 12.6 Å². The van der Waals surface area contributed by atoms with Crippen LogP contribution in [0.4, 0.5) is 13.2 Å². The second kappa shape index (κ2) is 6.46. The van der Waals surface area contributed by atoms with Crippen molar-refractivity contribution in [2.75, 3.05) is 0 Å². The van der Waals surface area contributed by atoms with Gasteiger partial charge in [0.15, 0.2) is 0 Å². The minimum Gasteiger partial charge on any atom is -0.393 e. The lowest BCUT2D eigenvalue weighted by Gasteiger charge is -2.10. The summed E-state index contributed by atoms with van der Waals surface area (Å²) in [4.78, 5) is 0. The van der Waals surface area contributed by atoms with Crippen LogP contribution in [0, 0.1) is 11.8 Å². The van der Waals surface area contributed by atoms with Crippen molar-refractivity contribution in [3.8, 4) is 11.8 Å². The Morgan fingerprint density at radius 2 is 1.83 bits per heavy atom. The Kier molecular flexibility index (Phi) is 5.24. The highest BCUT2D eigenvalue weighted by molar-refractivity contribution is 5.25. The fraction of sp³-hybridized carbons (Fsp3) is 0.429. The highest BCUT2D eigenvalue weighted by atomic mass is 19.4. The van der Waals surface area contributed by atoms with Gasteiger partial charge in [-0.25, -0.2) is 0 Å². The predicted octanol–water partition coefficient (Wildman–Crippen LogP) is 3.41. The van der Waals surface area contributed by atoms with Gasteiger partial charge in [0.05, 0.1) is 11.7 Å². The van der Waals surface area contributed by atoms with E-state index in [-0.39, 0.29) is 0 Å². The number of aliphatic hydroxyl groups is 1. The SMILES string of the molecule is CC#CCCC(O)Cc1ccc(C(F)(F)F)cc1. The molecular formula is C14H15F3O. The third kappa shape index (κ3) is 4.80. The molecule has 0 heterocycles. The van der Waals surface area contributed by atoms with Crippen molar-refractivity contribution in [2.45, 2.75) is 38.5 Å². The van der Waals surface area contributed by atoms with Gasteiger partial charge in [-0.3, -0.25) is 0 Å². The molecule has 18 heavy (non-hydrogen) atoms. The average molecular weight is 256 g/mol. The van der Waals surface area contributed by atoms with E-state index in [4.69, 9.17) is 0 Å². The highest BCUT2D eigenvalue weighted by Crippen LogP contribution is 2.29. The summed E-state index contributed by atoms with van der Waals surface area (Å²) in [5, 5.41) is 9.67. The van der Waals surface area contributed by atoms with E-state index in [9.17, 15) is 18.3 Å². The van der Waals surface area contributed by atoms with E-state index in [0.717, 1.165) is 12.1 Å². The fourth-order valence-electron chi connectivity index (χ4n) is 1.57. The van der Waals surface area contributed by atoms with Gasteiger partial charge in [0, 0.05) is 6.42 Å². The molecule has 1 atom stereocenters. The zero-order valence-electron chi connectivity index (χ0n) is 10.1. The van der Waals surface area contributed by atoms with Crippen LogP contribution in [0.3, 0.4) is 0 Å². The summed E-state index contributed by atoms with van der Waals surface area (Å²) in [5.74, 6) is 5.56. The molecule has 98 valence electrons. The smallest absolute Gasteiger partial charge is 0.393 e. The summed E-state index contributed by atoms with van der Waals surface area (Å²) in [7, 11) is 0. The summed E-state index contributed by atoms with van der Waals surface area (Å²) in [5.41, 5.74) is 0.0255. The quantitative estimate of drug-likeness (QED) is 0.818. The third-order valence-electron chi connectivity index (χ3n) is 2.53. The zero-order chi connectivity index (χ0) is 13.6. The van der Waals surface area contributed by atoms with Gasteiger partial charge in [0.1, 0.15) is 0 Å². The Morgan fingerprint density at radius 1 is 1.22 bits per heavy atom. The highest BCUT2D eigenvalue weighted by Gasteiger charge is 2.29. The van der Waals surface area contributed by atoms with Crippen molar-refractivity contribution in [2.24, 2.45) is 0 Å². The van der Waals surface area contributed by atoms with Crippen LogP contribution in [0.2, 0.25) is 0 Å². The molecule has 0 aliphatic rings. The standard InChI is InChI=1S/C14H15F3O/c1-2-3-4-5-13(18)10-11-6-8-12(9-7-11)14(15,16)17/h6-9,13,18H,4-5,10H2,1H3. The lowest BCUT2D eigenvalue weighted by Crippen LogP contribution is -2.10. The summed E-state index contributed by atoms with van der Waals surface area (Å²) < 4.78 is 37.0. The molecule has 1 rings (SSSR count). The minimum absolute atomic E-state index is 0.351. The Bertz CT molecular complexity index is 423. The van der Waals surface area contributed by atoms with E-state index in [1.54, 1.807) is 6.92 Å². The van der Waals surface area contributed by atoms with Crippen molar-refractivity contribution >= 4 is 0 Å². The number of halogens is 3. The van der Waals surface area contributed by atoms with Crippen LogP contribution in [0.5, 0.6) is 0 Å². The molecule has 0 aliphatic carbocycles. The number of aliphatic hydroxyl groups excluding tert-OH is 1. The number of rotatable bonds is 4. The summed E-state index contributed by atoms with van der Waals surface area (Å²) in [6.45, 7) is 1.72. The van der Waals surface area contributed by atoms with Crippen molar-refractivity contribution < 1.29 is 18.3 Å². The van der Waals surface area contributed by atoms with Gasteiger partial charge in [-0.1, -0.05) is 12.1 Å². The molecular weight excluding hydrogens is 241 g/mol. The van der Waals surface area contributed by atoms with Gasteiger partial charge in [-0.2, -0.15) is 13.2 Å². The maximum Gasteiger partial charge on any atom is 0.416 e. The van der Waals surface area contributed by atoms with Crippen LogP contribution < -0.4 is 0 Å². The van der Waals surface area contributed by atoms with Gasteiger partial charge in [0.2, 0.25) is 0 Å². The maximum absolute atomic E-state index is 12.3. The Balaban J connectivity index is 2.55. The average Bonchev–Trinajstić information content (AvgIpc) is 2.29. The van der Waals surface area contributed by atoms with E-state index >= 15 is 0 Å². The molecule has 0 spiro atoms. The first kappa shape index (κ1) is 14.6. The summed E-state index contributed by atoms with van der Waals surface area (Å²) in [6.07, 6.45) is -3.40. The van der Waals surface area contributed by atoms with Gasteiger partial charge >= 0.3 is 6.18 Å². The van der Waals surface area contributed by atoms with Crippen molar-refractivity contribution in [1.82, 2.24) is 0 Å². The summed E-state index contributed by atoms with van der Waals surface area (Å²) in [6, 6.07) is 4.87. The Hall–Kier alpha value is -1.47. The molecule has 0 bridgehead atoms. The molecule has 1 aromatic rings. The van der Waals surface area contributed by atoms with Gasteiger partial charge in [-0.15, -0.1) is 11.8 Å². The zero-order valence-corrected chi connectivity index (χ0v) is 10.1. The molecule has 0 aromatic heterocycles. The molecule has 4 heteroatoms. The van der Waals surface area contributed by atoms with Crippen molar-refractivity contribution in [3.63, 3.8) is 0 Å². The van der Waals surface area contributed by atoms with Crippen LogP contribution in [0.15, 0.2) is 24.3 Å². The van der Waals surface area contributed by atoms with E-state index in [0.29, 0.717) is 24.8 Å². The van der Waals surface area contributed by atoms with E-state index in [2.05, 4.69) is 11.8 Å². The topological polar surface area (TPSA) is 20.2 Å². The molecule has 1 aromatic carbocycles. The fourth-order valence-corrected chi connectivity index (χ4v) is 1.57. The lowest BCUT2D eigenvalue weighted by atomic mass is 10.0. The van der Waals surface area contributed by atoms with Crippen LogP contribution in [0.25, 0.3) is 0 Å². The van der Waals surface area contributed by atoms with E-state index < -0.39 is 17.8 Å². The Morgan fingerprint density at radius 3 is 2.33 bits per heavy atom. The van der Waals surface area contributed by atoms with E-state index in [1.165, 1.54) is 12.1 Å². The molecule has 0 saturated heterocycles. The molecule has 1 nitrogen and oxygen atoms in total. The maximum atomic E-state index is 12.3. The number of hydrogen-bond donors (Lipinski definition) is 1. The predicted molar refractivity (Wildman–Crippen MR) is 63.8 cm³/mol. The second-order valence-electron chi connectivity index (χ2n) is 4.02. The second-order valence-corrected chi connectivity index (χ2v) is 4.02. The van der Waals surface area contributed by atoms with Crippen molar-refractivity contribution in [1.29, 1.82) is 0 Å². The Labute approximate surface area is 105 Å². The van der Waals surface area contributed by atoms with Gasteiger partial charge < -0.3 is 5.11 Å². The van der Waals surface area contributed by atoms with Gasteiger partial charge in [-0.05, 0) is 37.5 Å². The number of hydrogen-bond acceptors (Lipinski definition) is 1. The molecule has 0 aliphatic heterocycles. The molecule has 1 unspecified atom stereocenters. The van der Waals surface area contributed by atoms with E-state index in [1.807, 2.05) is 0 Å². The number of alkyl halides is 3. The van der Waals surface area contributed by atoms with Crippen molar-refractivity contribution in [3.05, 3.63) is 35.4 Å². The molecule has 0 amide bonds. The first-order valence-electron chi connectivity index (χ1n) is 5.67. The molecule has 1 N–H and O–H groups in total. The van der Waals surface area contributed by atoms with Crippen LogP contribution >= 0.6 is 0 Å². The largest absolute Gasteiger partial charge is 0.416 e. The summed E-state index contributed by atoms with van der Waals surface area (Å²) >= 11 is 0. The minimum atomic E-state index is -4.31. The molecule has 0 saturated carbocycles. The van der Waals surface area contributed by atoms with Gasteiger partial charge in [0.25, 0.3) is 0 Å². The molecule has 0 fully saturated rings. The molecule has 0 radical (unpaired) electrons. The first-order chi connectivity index (χ1) is 8.43. The lowest BCUT2D eigenvalue weighted by molar-refractivity contribution is -0.137. The monoisotopic (exact) mass is 256 g/mol. The number of benzene rings is 1. The normalized spacial score (nSPS) is 12.7. The van der Waals surface area contributed by atoms with Crippen LogP contribution in [0.1, 0.15) is 30.9 Å². The third-order valence-corrected chi connectivity index (χ3v) is 2.53. The van der Waals surface area contributed by atoms with Crippen LogP contribution in [-0.4, -0.2) is 11.2 Å².